The molecule has 0 aromatic rings. The van der Waals surface area contributed by atoms with Crippen LogP contribution in [-0.4, -0.2) is 64.9 Å². The molecular weight excluding hydrogens is 246 g/mol. The number of carboxylic acids is 3. The number of rotatable bonds is 10. The van der Waals surface area contributed by atoms with Gasteiger partial charge in [-0.3, -0.25) is 14.4 Å². The van der Waals surface area contributed by atoms with Gasteiger partial charge in [0.1, 0.15) is 12.1 Å². The van der Waals surface area contributed by atoms with Crippen molar-refractivity contribution in [2.75, 3.05) is 19.6 Å². The minimum atomic E-state index is -1.25. The maximum absolute atomic E-state index is 10.7. The van der Waals surface area contributed by atoms with Crippen LogP contribution in [0, 0.1) is 0 Å². The second-order valence-corrected chi connectivity index (χ2v) is 3.59. The van der Waals surface area contributed by atoms with E-state index in [0.717, 1.165) is 0 Å². The lowest BCUT2D eigenvalue weighted by Crippen LogP contribution is -2.45. The lowest BCUT2D eigenvalue weighted by molar-refractivity contribution is -0.145. The van der Waals surface area contributed by atoms with Crippen molar-refractivity contribution in [3.8, 4) is 0 Å². The lowest BCUT2D eigenvalue weighted by Gasteiger charge is -2.13. The van der Waals surface area contributed by atoms with Crippen LogP contribution in [0.3, 0.4) is 0 Å². The summed E-state index contributed by atoms with van der Waals surface area (Å²) in [5.74, 6) is -3.60. The minimum Gasteiger partial charge on any atom is -0.481 e. The molecule has 0 bridgehead atoms. The molecule has 9 nitrogen and oxygen atoms in total. The first-order valence-corrected chi connectivity index (χ1v) is 5.21. The van der Waals surface area contributed by atoms with Gasteiger partial charge in [0, 0.05) is 19.6 Å². The molecule has 0 fully saturated rings. The van der Waals surface area contributed by atoms with Crippen LogP contribution < -0.4 is 16.4 Å². The van der Waals surface area contributed by atoms with Crippen molar-refractivity contribution in [1.29, 1.82) is 0 Å². The molecular formula is C9H17N3O6. The van der Waals surface area contributed by atoms with Crippen LogP contribution in [0.25, 0.3) is 0 Å². The zero-order valence-corrected chi connectivity index (χ0v) is 9.63. The fourth-order valence-electron chi connectivity index (χ4n) is 1.10. The van der Waals surface area contributed by atoms with Crippen molar-refractivity contribution in [3.63, 3.8) is 0 Å². The first kappa shape index (κ1) is 16.3. The van der Waals surface area contributed by atoms with Crippen molar-refractivity contribution in [2.24, 2.45) is 5.73 Å². The fraction of sp³-hybridized carbons (Fsp3) is 0.667. The van der Waals surface area contributed by atoms with Gasteiger partial charge in [-0.1, -0.05) is 0 Å². The third-order valence-electron chi connectivity index (χ3n) is 2.05. The number of nitrogens with two attached hydrogens (primary N) is 1. The van der Waals surface area contributed by atoms with Crippen molar-refractivity contribution in [3.05, 3.63) is 0 Å². The molecule has 0 aliphatic rings. The smallest absolute Gasteiger partial charge is 0.321 e. The Hall–Kier alpha value is -1.71. The maximum Gasteiger partial charge on any atom is 0.321 e. The monoisotopic (exact) mass is 263 g/mol. The maximum atomic E-state index is 10.7. The minimum absolute atomic E-state index is 0.0493. The van der Waals surface area contributed by atoms with E-state index in [0.29, 0.717) is 0 Å². The molecule has 0 saturated heterocycles. The standard InChI is InChI=1S/C9H17N3O6/c10-5(8(15)16)4-11-1-2-12-6(9(17)18)3-7(13)14/h5-6,11-12H,1-4,10H2,(H,13,14)(H,15,16)(H,17,18). The molecule has 0 aromatic carbocycles. The highest BCUT2D eigenvalue weighted by molar-refractivity contribution is 5.80. The van der Waals surface area contributed by atoms with Gasteiger partial charge < -0.3 is 31.7 Å². The second kappa shape index (κ2) is 8.39. The summed E-state index contributed by atoms with van der Waals surface area (Å²) >= 11 is 0. The number of hydrogen-bond donors (Lipinski definition) is 6. The third-order valence-corrected chi connectivity index (χ3v) is 2.05. The predicted molar refractivity (Wildman–Crippen MR) is 60.2 cm³/mol. The number of nitrogens with one attached hydrogen (secondary N) is 2. The molecule has 0 heterocycles. The molecule has 0 radical (unpaired) electrons. The summed E-state index contributed by atoms with van der Waals surface area (Å²) in [4.78, 5) is 31.4. The summed E-state index contributed by atoms with van der Waals surface area (Å²) in [6.45, 7) is 0.522. The van der Waals surface area contributed by atoms with Crippen molar-refractivity contribution < 1.29 is 29.7 Å². The van der Waals surface area contributed by atoms with E-state index in [4.69, 9.17) is 21.1 Å². The Balaban J connectivity index is 3.77. The fourth-order valence-corrected chi connectivity index (χ4v) is 1.10. The largest absolute Gasteiger partial charge is 0.481 e. The van der Waals surface area contributed by atoms with Gasteiger partial charge in [0.2, 0.25) is 0 Å². The summed E-state index contributed by atoms with van der Waals surface area (Å²) in [5, 5.41) is 30.9. The van der Waals surface area contributed by atoms with Crippen LogP contribution in [0.5, 0.6) is 0 Å². The molecule has 7 N–H and O–H groups in total. The van der Waals surface area contributed by atoms with Gasteiger partial charge in [0.15, 0.2) is 0 Å². The molecule has 0 aromatic heterocycles. The van der Waals surface area contributed by atoms with Gasteiger partial charge in [-0.05, 0) is 0 Å². The molecule has 2 atom stereocenters. The molecule has 9 heteroatoms. The van der Waals surface area contributed by atoms with Gasteiger partial charge in [-0.2, -0.15) is 0 Å². The highest BCUT2D eigenvalue weighted by Gasteiger charge is 2.19. The molecule has 0 saturated carbocycles. The summed E-state index contributed by atoms with van der Waals surface area (Å²) in [6.07, 6.45) is -0.524. The number of carboxylic acid groups (broad SMARTS) is 3. The molecule has 0 rings (SSSR count). The Morgan fingerprint density at radius 1 is 1.06 bits per heavy atom. The van der Waals surface area contributed by atoms with Crippen molar-refractivity contribution in [1.82, 2.24) is 10.6 Å². The highest BCUT2D eigenvalue weighted by atomic mass is 16.4. The average molecular weight is 263 g/mol. The second-order valence-electron chi connectivity index (χ2n) is 3.59. The van der Waals surface area contributed by atoms with E-state index in [-0.39, 0.29) is 19.6 Å². The Kier molecular flexibility index (Phi) is 7.59. The predicted octanol–water partition coefficient (Wildman–Crippen LogP) is -2.49. The van der Waals surface area contributed by atoms with Crippen LogP contribution in [0.2, 0.25) is 0 Å². The first-order chi connectivity index (χ1) is 8.34. The molecule has 0 aliphatic carbocycles. The average Bonchev–Trinajstić information content (AvgIpc) is 2.25. The first-order valence-electron chi connectivity index (χ1n) is 5.21. The summed E-state index contributed by atoms with van der Waals surface area (Å²) in [7, 11) is 0. The van der Waals surface area contributed by atoms with Crippen LogP contribution in [0.4, 0.5) is 0 Å². The van der Waals surface area contributed by atoms with Gasteiger partial charge in [-0.25, -0.2) is 0 Å². The molecule has 18 heavy (non-hydrogen) atoms. The van der Waals surface area contributed by atoms with Crippen molar-refractivity contribution in [2.45, 2.75) is 18.5 Å². The molecule has 0 amide bonds. The SMILES string of the molecule is NC(CNCCNC(CC(=O)O)C(=O)O)C(=O)O. The number of carbonyl (C=O) groups is 3. The van der Waals surface area contributed by atoms with Gasteiger partial charge in [0.05, 0.1) is 6.42 Å². The summed E-state index contributed by atoms with van der Waals surface area (Å²) in [5.41, 5.74) is 5.22. The number of aliphatic carboxylic acids is 3. The van der Waals surface area contributed by atoms with Crippen LogP contribution in [-0.2, 0) is 14.4 Å². The summed E-state index contributed by atoms with van der Waals surface area (Å²) in [6, 6.07) is -2.20. The van der Waals surface area contributed by atoms with E-state index in [1.807, 2.05) is 0 Å². The molecule has 2 unspecified atom stereocenters. The van der Waals surface area contributed by atoms with Crippen LogP contribution >= 0.6 is 0 Å². The Bertz CT molecular complexity index is 309. The highest BCUT2D eigenvalue weighted by Crippen LogP contribution is 1.91. The van der Waals surface area contributed by atoms with E-state index in [2.05, 4.69) is 10.6 Å². The molecule has 104 valence electrons. The Morgan fingerprint density at radius 2 is 1.67 bits per heavy atom. The van der Waals surface area contributed by atoms with E-state index >= 15 is 0 Å². The topological polar surface area (TPSA) is 162 Å². The Labute approximate surface area is 103 Å². The molecule has 0 spiro atoms. The van der Waals surface area contributed by atoms with Gasteiger partial charge in [0.25, 0.3) is 0 Å². The third kappa shape index (κ3) is 7.54. The van der Waals surface area contributed by atoms with E-state index in [1.165, 1.54) is 0 Å². The van der Waals surface area contributed by atoms with Crippen LogP contribution in [0.15, 0.2) is 0 Å². The van der Waals surface area contributed by atoms with Gasteiger partial charge >= 0.3 is 17.9 Å². The normalized spacial score (nSPS) is 13.8. The van der Waals surface area contributed by atoms with E-state index < -0.39 is 36.4 Å². The summed E-state index contributed by atoms with van der Waals surface area (Å²) < 4.78 is 0. The lowest BCUT2D eigenvalue weighted by atomic mass is 10.2. The molecule has 0 aliphatic heterocycles. The quantitative estimate of drug-likeness (QED) is 0.234. The van der Waals surface area contributed by atoms with Gasteiger partial charge in [-0.15, -0.1) is 0 Å². The van der Waals surface area contributed by atoms with Crippen molar-refractivity contribution >= 4 is 17.9 Å². The van der Waals surface area contributed by atoms with Crippen LogP contribution in [0.1, 0.15) is 6.42 Å². The van der Waals surface area contributed by atoms with E-state index in [1.54, 1.807) is 0 Å². The van der Waals surface area contributed by atoms with E-state index in [9.17, 15) is 14.4 Å². The Morgan fingerprint density at radius 3 is 2.11 bits per heavy atom. The zero-order valence-electron chi connectivity index (χ0n) is 9.63. The zero-order chi connectivity index (χ0) is 14.1. The number of hydrogen-bond acceptors (Lipinski definition) is 6.